The topological polar surface area (TPSA) is 128 Å². The average molecular weight is 911 g/mol. The Morgan fingerprint density at radius 3 is 1.16 bits per heavy atom. The van der Waals surface area contributed by atoms with Crippen LogP contribution in [0.15, 0.2) is 147 Å². The van der Waals surface area contributed by atoms with Crippen molar-refractivity contribution in [3.63, 3.8) is 0 Å². The number of carbonyl (C=O) groups is 4. The monoisotopic (exact) mass is 911 g/mol. The number of amides is 3. The molecule has 0 aromatic heterocycles. The van der Waals surface area contributed by atoms with Crippen molar-refractivity contribution in [1.82, 2.24) is 20.9 Å². The quantitative estimate of drug-likeness (QED) is 0.0519. The molecule has 0 spiro atoms. The minimum absolute atomic E-state index is 0.00327. The molecular weight excluding hydrogens is 833 g/mol. The van der Waals surface area contributed by atoms with Gasteiger partial charge in [0.15, 0.2) is 0 Å². The summed E-state index contributed by atoms with van der Waals surface area (Å²) in [5.74, 6) is -0.0924. The number of carboxylic acid groups (broad SMARTS) is 1. The van der Waals surface area contributed by atoms with E-state index in [4.69, 9.17) is 5.11 Å². The van der Waals surface area contributed by atoms with Crippen LogP contribution in [0.5, 0.6) is 0 Å². The number of piperidine rings is 2. The predicted molar refractivity (Wildman–Crippen MR) is 274 cm³/mol. The van der Waals surface area contributed by atoms with E-state index in [2.05, 4.69) is 138 Å². The molecule has 360 valence electrons. The van der Waals surface area contributed by atoms with Crippen LogP contribution in [-0.2, 0) is 44.9 Å². The highest BCUT2D eigenvalue weighted by molar-refractivity contribution is 5.81. The van der Waals surface area contributed by atoms with Crippen molar-refractivity contribution in [1.29, 1.82) is 0 Å². The molecule has 0 radical (unpaired) electrons. The Bertz CT molecular complexity index is 1890. The third-order valence-corrected chi connectivity index (χ3v) is 12.7. The maximum atomic E-state index is 13.0. The lowest BCUT2D eigenvalue weighted by molar-refractivity contribution is -0.136. The molecule has 4 aromatic rings. The molecule has 0 unspecified atom stereocenters. The first-order valence-electron chi connectivity index (χ1n) is 24.9. The Morgan fingerprint density at radius 2 is 0.866 bits per heavy atom. The first-order valence-corrected chi connectivity index (χ1v) is 24.9. The van der Waals surface area contributed by atoms with Crippen molar-refractivity contribution in [3.05, 3.63) is 169 Å². The van der Waals surface area contributed by atoms with E-state index in [-0.39, 0.29) is 48.1 Å². The Balaban J connectivity index is 0.000000263. The fourth-order valence-corrected chi connectivity index (χ4v) is 8.86. The molecule has 2 fully saturated rings. The van der Waals surface area contributed by atoms with Crippen molar-refractivity contribution in [2.75, 3.05) is 26.2 Å². The van der Waals surface area contributed by atoms with Crippen LogP contribution in [0.1, 0.15) is 112 Å². The molecule has 0 aliphatic carbocycles. The third kappa shape index (κ3) is 23.0. The average Bonchev–Trinajstić information content (AvgIpc) is 3.36. The van der Waals surface area contributed by atoms with Gasteiger partial charge in [-0.25, -0.2) is 0 Å². The molecule has 4 aromatic carbocycles. The Morgan fingerprint density at radius 1 is 0.537 bits per heavy atom. The summed E-state index contributed by atoms with van der Waals surface area (Å²) in [4.78, 5) is 49.3. The van der Waals surface area contributed by atoms with Crippen molar-refractivity contribution < 1.29 is 24.3 Å². The highest BCUT2D eigenvalue weighted by Crippen LogP contribution is 2.21. The van der Waals surface area contributed by atoms with Crippen LogP contribution < -0.4 is 16.0 Å². The van der Waals surface area contributed by atoms with Gasteiger partial charge in [0.05, 0.1) is 6.42 Å². The lowest BCUT2D eigenvalue weighted by atomic mass is 9.94. The van der Waals surface area contributed by atoms with Gasteiger partial charge >= 0.3 is 5.97 Å². The van der Waals surface area contributed by atoms with Gasteiger partial charge < -0.3 is 26.0 Å². The van der Waals surface area contributed by atoms with Gasteiger partial charge in [-0.1, -0.05) is 133 Å². The van der Waals surface area contributed by atoms with Crippen molar-refractivity contribution in [3.8, 4) is 0 Å². The lowest BCUT2D eigenvalue weighted by Gasteiger charge is -2.32. The zero-order chi connectivity index (χ0) is 47.7. The normalized spacial score (nSPS) is 13.9. The second-order valence-corrected chi connectivity index (χ2v) is 18.0. The number of hydrogen-bond donors (Lipinski definition) is 4. The van der Waals surface area contributed by atoms with Crippen LogP contribution in [0, 0.1) is 11.8 Å². The molecule has 2 heterocycles. The van der Waals surface area contributed by atoms with Crippen LogP contribution >= 0.6 is 0 Å². The Kier molecular flexibility index (Phi) is 26.3. The number of benzene rings is 4. The van der Waals surface area contributed by atoms with E-state index < -0.39 is 5.97 Å². The molecule has 2 aliphatic heterocycles. The fourth-order valence-electron chi connectivity index (χ4n) is 8.86. The van der Waals surface area contributed by atoms with Crippen LogP contribution in [0.3, 0.4) is 0 Å². The summed E-state index contributed by atoms with van der Waals surface area (Å²) in [6.07, 6.45) is 19.6. The third-order valence-electron chi connectivity index (χ3n) is 12.7. The minimum Gasteiger partial charge on any atom is -0.481 e. The molecular formula is C58H78N4O5. The van der Waals surface area contributed by atoms with E-state index in [0.717, 1.165) is 116 Å². The summed E-state index contributed by atoms with van der Waals surface area (Å²) in [5.41, 5.74) is 5.47. The maximum Gasteiger partial charge on any atom is 0.307 e. The van der Waals surface area contributed by atoms with E-state index >= 15 is 0 Å². The molecule has 3 amide bonds. The van der Waals surface area contributed by atoms with Gasteiger partial charge in [-0.15, -0.1) is 13.2 Å². The molecule has 9 nitrogen and oxygen atoms in total. The number of rotatable bonds is 24. The number of aryl methyl sites for hydroxylation is 4. The summed E-state index contributed by atoms with van der Waals surface area (Å²) in [5, 5.41) is 18.0. The Hall–Kier alpha value is -5.80. The van der Waals surface area contributed by atoms with Gasteiger partial charge in [0.2, 0.25) is 17.7 Å². The molecule has 0 saturated carbocycles. The number of aliphatic carboxylic acids is 1. The van der Waals surface area contributed by atoms with Gasteiger partial charge in [-0.05, 0) is 138 Å². The van der Waals surface area contributed by atoms with Gasteiger partial charge in [-0.3, -0.25) is 19.2 Å². The Labute approximate surface area is 401 Å². The van der Waals surface area contributed by atoms with Crippen molar-refractivity contribution in [2.45, 2.75) is 128 Å². The van der Waals surface area contributed by atoms with E-state index in [9.17, 15) is 19.2 Å². The van der Waals surface area contributed by atoms with Crippen molar-refractivity contribution in [2.24, 2.45) is 11.8 Å². The molecule has 2 saturated heterocycles. The molecule has 4 N–H and O–H groups in total. The van der Waals surface area contributed by atoms with Gasteiger partial charge in [0.25, 0.3) is 0 Å². The SMILES string of the molecule is C=CCC(=O)N1CCC(C(=O)NC(CCCc2ccccc2)CCCc2ccccc2)CC1.C=CCC(=O)O.O=C(NC(CCCc1ccccc1)CCCc1ccccc1)C1CCNCC1. The minimum atomic E-state index is -0.829. The van der Waals surface area contributed by atoms with Gasteiger partial charge in [0, 0.05) is 43.4 Å². The van der Waals surface area contributed by atoms with E-state index in [1.807, 2.05) is 17.0 Å². The molecule has 0 bridgehead atoms. The van der Waals surface area contributed by atoms with E-state index in [0.29, 0.717) is 19.5 Å². The molecule has 9 heteroatoms. The number of carboxylic acids is 1. The first kappa shape index (κ1) is 53.8. The van der Waals surface area contributed by atoms with Crippen LogP contribution in [-0.4, -0.2) is 72.0 Å². The standard InChI is InChI=1S/C29H38N2O2.C25H34N2O.C4H6O2/c1-2-11-28(32)31-22-20-26(21-23-31)29(33)30-27(18-9-16-24-12-5-3-6-13-24)19-10-17-25-14-7-4-8-15-25;28-25(23-17-19-26-20-18-23)27-24(15-7-13-21-9-3-1-4-10-21)16-8-14-22-11-5-2-6-12-22;1-2-3-4(5)6/h2-8,12-15,26-27H,1,9-11,16-23H2,(H,30,33);1-6,9-12,23-24,26H,7-8,13-20H2,(H,27,28);2H,1,3H2,(H,5,6). The second-order valence-electron chi connectivity index (χ2n) is 18.0. The number of hydrogen-bond acceptors (Lipinski definition) is 5. The van der Waals surface area contributed by atoms with Crippen LogP contribution in [0.25, 0.3) is 0 Å². The molecule has 6 rings (SSSR count). The lowest BCUT2D eigenvalue weighted by Crippen LogP contribution is -2.45. The first-order chi connectivity index (χ1) is 32.7. The highest BCUT2D eigenvalue weighted by Gasteiger charge is 2.28. The summed E-state index contributed by atoms with van der Waals surface area (Å²) in [7, 11) is 0. The van der Waals surface area contributed by atoms with Gasteiger partial charge in [-0.2, -0.15) is 0 Å². The summed E-state index contributed by atoms with van der Waals surface area (Å²) < 4.78 is 0. The largest absolute Gasteiger partial charge is 0.481 e. The highest BCUT2D eigenvalue weighted by atomic mass is 16.4. The summed E-state index contributed by atoms with van der Waals surface area (Å²) >= 11 is 0. The fraction of sp³-hybridized carbons (Fsp3) is 0.448. The molecule has 0 atom stereocenters. The number of likely N-dealkylation sites (tertiary alicyclic amines) is 1. The molecule has 2 aliphatic rings. The summed E-state index contributed by atoms with van der Waals surface area (Å²) in [6.45, 7) is 10.1. The zero-order valence-corrected chi connectivity index (χ0v) is 40.0. The maximum absolute atomic E-state index is 13.0. The van der Waals surface area contributed by atoms with Gasteiger partial charge in [0.1, 0.15) is 0 Å². The predicted octanol–water partition coefficient (Wildman–Crippen LogP) is 10.5. The van der Waals surface area contributed by atoms with Crippen LogP contribution in [0.4, 0.5) is 0 Å². The van der Waals surface area contributed by atoms with Crippen molar-refractivity contribution >= 4 is 23.7 Å². The summed E-state index contributed by atoms with van der Waals surface area (Å²) in [6, 6.07) is 42.9. The molecule has 67 heavy (non-hydrogen) atoms. The van der Waals surface area contributed by atoms with E-state index in [1.54, 1.807) is 6.08 Å². The second kappa shape index (κ2) is 32.8. The van der Waals surface area contributed by atoms with Crippen LogP contribution in [0.2, 0.25) is 0 Å². The van der Waals surface area contributed by atoms with E-state index in [1.165, 1.54) is 28.3 Å². The smallest absolute Gasteiger partial charge is 0.307 e. The number of nitrogens with zero attached hydrogens (tertiary/aromatic N) is 1. The number of nitrogens with one attached hydrogen (secondary N) is 3. The zero-order valence-electron chi connectivity index (χ0n) is 40.0. The number of carbonyl (C=O) groups excluding carboxylic acids is 3.